The predicted octanol–water partition coefficient (Wildman–Crippen LogP) is 2.95. The van der Waals surface area contributed by atoms with Crippen LogP contribution in [0.2, 0.25) is 0 Å². The molecule has 1 aliphatic heterocycles. The number of rotatable bonds is 6. The summed E-state index contributed by atoms with van der Waals surface area (Å²) in [4.78, 5) is 6.96. The molecule has 3 aromatic heterocycles. The Balaban J connectivity index is 1.32. The highest BCUT2D eigenvalue weighted by Crippen LogP contribution is 2.24. The molecule has 0 aliphatic carbocycles. The lowest BCUT2D eigenvalue weighted by molar-refractivity contribution is 0.565. The molecule has 1 unspecified atom stereocenters. The first-order valence-electron chi connectivity index (χ1n) is 8.13. The number of aromatic nitrogens is 3. The minimum absolute atomic E-state index is 0.463. The van der Waals surface area contributed by atoms with Gasteiger partial charge in [0, 0.05) is 37.3 Å². The summed E-state index contributed by atoms with van der Waals surface area (Å²) in [5, 5.41) is 14.8. The van der Waals surface area contributed by atoms with Gasteiger partial charge in [-0.25, -0.2) is 4.98 Å². The average Bonchev–Trinajstić information content (AvgIpc) is 3.37. The Morgan fingerprint density at radius 1 is 1.33 bits per heavy atom. The number of nitrogens with one attached hydrogen (secondary N) is 1. The first-order chi connectivity index (χ1) is 11.9. The van der Waals surface area contributed by atoms with Crippen LogP contribution in [0.1, 0.15) is 18.5 Å². The van der Waals surface area contributed by atoms with Crippen LogP contribution in [0.15, 0.2) is 46.5 Å². The van der Waals surface area contributed by atoms with E-state index in [4.69, 9.17) is 4.42 Å². The molecule has 1 N–H and O–H groups in total. The molecule has 3 aromatic rings. The van der Waals surface area contributed by atoms with Gasteiger partial charge in [0.1, 0.15) is 0 Å². The maximum absolute atomic E-state index is 5.39. The van der Waals surface area contributed by atoms with Gasteiger partial charge in [-0.3, -0.25) is 0 Å². The fourth-order valence-corrected chi connectivity index (χ4v) is 3.85. The molecule has 4 heterocycles. The standard InChI is InChI=1S/C17H19N5OS/c1-6-16(21-19-7-1)22-8-2-4-14(22)11-18-10-13-12-24-17(20-13)15-5-3-9-23-15/h1,3,5-7,9,12,14,18H,2,4,8,10-11H2. The zero-order chi connectivity index (χ0) is 16.2. The van der Waals surface area contributed by atoms with Crippen LogP contribution in [-0.2, 0) is 6.54 Å². The number of hydrogen-bond donors (Lipinski definition) is 1. The first kappa shape index (κ1) is 15.3. The van der Waals surface area contributed by atoms with E-state index < -0.39 is 0 Å². The van der Waals surface area contributed by atoms with Crippen molar-refractivity contribution >= 4 is 17.2 Å². The van der Waals surface area contributed by atoms with Crippen molar-refractivity contribution in [3.63, 3.8) is 0 Å². The summed E-state index contributed by atoms with van der Waals surface area (Å²) in [6.07, 6.45) is 5.77. The van der Waals surface area contributed by atoms with Gasteiger partial charge in [0.2, 0.25) is 0 Å². The lowest BCUT2D eigenvalue weighted by atomic mass is 10.2. The SMILES string of the molecule is c1cnnc(N2CCCC2CNCc2csc(-c3ccco3)n2)c1. The highest BCUT2D eigenvalue weighted by atomic mass is 32.1. The predicted molar refractivity (Wildman–Crippen MR) is 93.9 cm³/mol. The van der Waals surface area contributed by atoms with E-state index >= 15 is 0 Å². The van der Waals surface area contributed by atoms with Crippen LogP contribution in [-0.4, -0.2) is 34.3 Å². The van der Waals surface area contributed by atoms with Crippen molar-refractivity contribution in [3.8, 4) is 10.8 Å². The highest BCUT2D eigenvalue weighted by Gasteiger charge is 2.25. The molecular formula is C17H19N5OS. The Morgan fingerprint density at radius 3 is 3.17 bits per heavy atom. The van der Waals surface area contributed by atoms with Crippen molar-refractivity contribution in [1.29, 1.82) is 0 Å². The molecule has 4 rings (SSSR count). The van der Waals surface area contributed by atoms with Gasteiger partial charge < -0.3 is 14.6 Å². The van der Waals surface area contributed by atoms with E-state index in [-0.39, 0.29) is 0 Å². The molecule has 6 nitrogen and oxygen atoms in total. The summed E-state index contributed by atoms with van der Waals surface area (Å²) in [5.41, 5.74) is 1.05. The molecule has 0 bridgehead atoms. The molecule has 0 aromatic carbocycles. The molecule has 1 atom stereocenters. The van der Waals surface area contributed by atoms with Crippen LogP contribution in [0.5, 0.6) is 0 Å². The molecule has 24 heavy (non-hydrogen) atoms. The van der Waals surface area contributed by atoms with Gasteiger partial charge in [0.05, 0.1) is 12.0 Å². The van der Waals surface area contributed by atoms with Crippen molar-refractivity contribution in [3.05, 3.63) is 47.8 Å². The lowest BCUT2D eigenvalue weighted by Crippen LogP contribution is -2.38. The molecule has 0 amide bonds. The summed E-state index contributed by atoms with van der Waals surface area (Å²) in [5.74, 6) is 1.80. The van der Waals surface area contributed by atoms with Gasteiger partial charge in [-0.1, -0.05) is 0 Å². The summed E-state index contributed by atoms with van der Waals surface area (Å²) in [6, 6.07) is 8.26. The third kappa shape index (κ3) is 3.32. The van der Waals surface area contributed by atoms with Gasteiger partial charge in [-0.2, -0.15) is 5.10 Å². The Labute approximate surface area is 144 Å². The normalized spacial score (nSPS) is 17.5. The van der Waals surface area contributed by atoms with Gasteiger partial charge >= 0.3 is 0 Å². The summed E-state index contributed by atoms with van der Waals surface area (Å²) in [7, 11) is 0. The van der Waals surface area contributed by atoms with E-state index in [9.17, 15) is 0 Å². The van der Waals surface area contributed by atoms with E-state index in [2.05, 4.69) is 30.8 Å². The Kier molecular flexibility index (Phi) is 4.53. The fraction of sp³-hybridized carbons (Fsp3) is 0.353. The van der Waals surface area contributed by atoms with Crippen LogP contribution in [0.4, 0.5) is 5.82 Å². The van der Waals surface area contributed by atoms with Gasteiger partial charge in [-0.05, 0) is 37.1 Å². The van der Waals surface area contributed by atoms with Crippen LogP contribution in [0.3, 0.4) is 0 Å². The van der Waals surface area contributed by atoms with Crippen molar-refractivity contribution in [2.75, 3.05) is 18.0 Å². The van der Waals surface area contributed by atoms with Crippen molar-refractivity contribution in [1.82, 2.24) is 20.5 Å². The fourth-order valence-electron chi connectivity index (χ4n) is 3.06. The van der Waals surface area contributed by atoms with E-state index in [0.29, 0.717) is 6.04 Å². The monoisotopic (exact) mass is 341 g/mol. The largest absolute Gasteiger partial charge is 0.462 e. The minimum atomic E-state index is 0.463. The molecule has 1 saturated heterocycles. The van der Waals surface area contributed by atoms with E-state index in [1.807, 2.05) is 24.3 Å². The number of thiazole rings is 1. The third-order valence-electron chi connectivity index (χ3n) is 4.20. The second-order valence-corrected chi connectivity index (χ2v) is 6.68. The topological polar surface area (TPSA) is 67.1 Å². The molecule has 1 fully saturated rings. The smallest absolute Gasteiger partial charge is 0.162 e. The maximum Gasteiger partial charge on any atom is 0.162 e. The number of hydrogen-bond acceptors (Lipinski definition) is 7. The molecule has 7 heteroatoms. The number of nitrogens with zero attached hydrogens (tertiary/aromatic N) is 4. The zero-order valence-electron chi connectivity index (χ0n) is 13.3. The van der Waals surface area contributed by atoms with E-state index in [1.54, 1.807) is 23.8 Å². The summed E-state index contributed by atoms with van der Waals surface area (Å²) < 4.78 is 5.39. The first-order valence-corrected chi connectivity index (χ1v) is 9.01. The molecule has 0 saturated carbocycles. The van der Waals surface area contributed by atoms with Crippen molar-refractivity contribution in [2.45, 2.75) is 25.4 Å². The van der Waals surface area contributed by atoms with E-state index in [1.165, 1.54) is 12.8 Å². The summed E-state index contributed by atoms with van der Waals surface area (Å²) in [6.45, 7) is 2.73. The van der Waals surface area contributed by atoms with Gasteiger partial charge in [-0.15, -0.1) is 16.4 Å². The van der Waals surface area contributed by atoms with Gasteiger partial charge in [0.15, 0.2) is 16.6 Å². The Bertz CT molecular complexity index is 758. The van der Waals surface area contributed by atoms with Crippen molar-refractivity contribution in [2.24, 2.45) is 0 Å². The molecule has 1 aliphatic rings. The Hall–Kier alpha value is -2.25. The number of furan rings is 1. The highest BCUT2D eigenvalue weighted by molar-refractivity contribution is 7.13. The minimum Gasteiger partial charge on any atom is -0.462 e. The molecule has 0 radical (unpaired) electrons. The van der Waals surface area contributed by atoms with E-state index in [0.717, 1.165) is 41.9 Å². The molecular weight excluding hydrogens is 322 g/mol. The lowest BCUT2D eigenvalue weighted by Gasteiger charge is -2.25. The van der Waals surface area contributed by atoms with Crippen LogP contribution < -0.4 is 10.2 Å². The molecule has 124 valence electrons. The Morgan fingerprint density at radius 2 is 2.33 bits per heavy atom. The summed E-state index contributed by atoms with van der Waals surface area (Å²) >= 11 is 1.61. The quantitative estimate of drug-likeness (QED) is 0.743. The number of anilines is 1. The maximum atomic E-state index is 5.39. The third-order valence-corrected chi connectivity index (χ3v) is 5.11. The average molecular weight is 341 g/mol. The van der Waals surface area contributed by atoms with Crippen LogP contribution >= 0.6 is 11.3 Å². The van der Waals surface area contributed by atoms with Gasteiger partial charge in [0.25, 0.3) is 0 Å². The van der Waals surface area contributed by atoms with Crippen LogP contribution in [0.25, 0.3) is 10.8 Å². The second kappa shape index (κ2) is 7.11. The molecule has 0 spiro atoms. The zero-order valence-corrected chi connectivity index (χ0v) is 14.1. The van der Waals surface area contributed by atoms with Crippen molar-refractivity contribution < 1.29 is 4.42 Å². The second-order valence-electron chi connectivity index (χ2n) is 5.82. The van der Waals surface area contributed by atoms with Crippen LogP contribution in [0, 0.1) is 0 Å².